The van der Waals surface area contributed by atoms with E-state index in [0.717, 1.165) is 30.9 Å². The van der Waals surface area contributed by atoms with Crippen LogP contribution in [0.5, 0.6) is 0 Å². The maximum Gasteiger partial charge on any atom is 0.258 e. The molecule has 1 fully saturated rings. The number of hydrogen-bond acceptors (Lipinski definition) is 6. The first-order valence-electron chi connectivity index (χ1n) is 9.53. The lowest BCUT2D eigenvalue weighted by Crippen LogP contribution is -2.24. The number of rotatable bonds is 4. The third-order valence-electron chi connectivity index (χ3n) is 5.05. The van der Waals surface area contributed by atoms with Crippen LogP contribution in [0.4, 0.5) is 11.6 Å². The van der Waals surface area contributed by atoms with E-state index in [1.165, 1.54) is 6.20 Å². The van der Waals surface area contributed by atoms with Crippen molar-refractivity contribution in [1.29, 1.82) is 0 Å². The minimum absolute atomic E-state index is 0.217. The van der Waals surface area contributed by atoms with Crippen molar-refractivity contribution >= 4 is 23.2 Å². The molecule has 1 aliphatic rings. The molecule has 1 saturated heterocycles. The van der Waals surface area contributed by atoms with E-state index in [2.05, 4.69) is 31.2 Å². The van der Waals surface area contributed by atoms with Crippen LogP contribution >= 0.6 is 0 Å². The average Bonchev–Trinajstić information content (AvgIpc) is 3.41. The van der Waals surface area contributed by atoms with Gasteiger partial charge in [-0.3, -0.25) is 14.8 Å². The molecule has 1 atom stereocenters. The molecule has 1 amide bonds. The van der Waals surface area contributed by atoms with E-state index in [1.54, 1.807) is 29.0 Å². The van der Waals surface area contributed by atoms with E-state index in [9.17, 15) is 4.79 Å². The molecule has 1 N–H and O–H groups in total. The van der Waals surface area contributed by atoms with Crippen LogP contribution in [0.2, 0.25) is 0 Å². The molecule has 1 unspecified atom stereocenters. The van der Waals surface area contributed by atoms with Crippen LogP contribution in [0.1, 0.15) is 34.9 Å². The Morgan fingerprint density at radius 2 is 2.07 bits per heavy atom. The Labute approximate surface area is 167 Å². The summed E-state index contributed by atoms with van der Waals surface area (Å²) in [6, 6.07) is 13.5. The predicted molar refractivity (Wildman–Crippen MR) is 109 cm³/mol. The molecule has 5 heterocycles. The molecular formula is C21H19N7O. The molecule has 0 radical (unpaired) electrons. The number of hydrogen-bond donors (Lipinski definition) is 1. The zero-order valence-corrected chi connectivity index (χ0v) is 15.6. The Morgan fingerprint density at radius 1 is 1.10 bits per heavy atom. The zero-order chi connectivity index (χ0) is 19.6. The van der Waals surface area contributed by atoms with Crippen LogP contribution in [0.15, 0.2) is 67.3 Å². The van der Waals surface area contributed by atoms with E-state index in [0.29, 0.717) is 17.0 Å². The van der Waals surface area contributed by atoms with Crippen molar-refractivity contribution in [3.05, 3.63) is 78.5 Å². The summed E-state index contributed by atoms with van der Waals surface area (Å²) in [5, 5.41) is 7.52. The van der Waals surface area contributed by atoms with Gasteiger partial charge in [-0.25, -0.2) is 9.50 Å². The van der Waals surface area contributed by atoms with Gasteiger partial charge in [-0.15, -0.1) is 5.10 Å². The lowest BCUT2D eigenvalue weighted by atomic mass is 10.1. The summed E-state index contributed by atoms with van der Waals surface area (Å²) >= 11 is 0. The van der Waals surface area contributed by atoms with Crippen molar-refractivity contribution in [3.63, 3.8) is 0 Å². The summed E-state index contributed by atoms with van der Waals surface area (Å²) in [6.07, 6.45) is 8.84. The summed E-state index contributed by atoms with van der Waals surface area (Å²) < 4.78 is 1.70. The molecule has 0 bridgehead atoms. The molecule has 144 valence electrons. The van der Waals surface area contributed by atoms with Crippen molar-refractivity contribution in [1.82, 2.24) is 24.6 Å². The SMILES string of the molecule is O=C(Nc1cn2nc(N3CCCC3c3ccccn3)ccc2n1)c1cccnc1. The van der Waals surface area contributed by atoms with Gasteiger partial charge < -0.3 is 10.2 Å². The van der Waals surface area contributed by atoms with Gasteiger partial charge in [0.25, 0.3) is 5.91 Å². The minimum atomic E-state index is -0.253. The number of imidazole rings is 1. The third kappa shape index (κ3) is 3.40. The topological polar surface area (TPSA) is 88.3 Å². The summed E-state index contributed by atoms with van der Waals surface area (Å²) in [5.41, 5.74) is 2.21. The van der Waals surface area contributed by atoms with Gasteiger partial charge >= 0.3 is 0 Å². The number of aromatic nitrogens is 5. The standard InChI is InChI=1S/C21H19N7O/c29-21(15-5-3-10-22-13-15)25-18-14-28-19(24-18)8-9-20(26-28)27-12-4-7-17(27)16-6-1-2-11-23-16/h1-3,5-6,8-11,13-14,17H,4,7,12H2,(H,25,29). The number of nitrogens with one attached hydrogen (secondary N) is 1. The summed E-state index contributed by atoms with van der Waals surface area (Å²) in [4.78, 5) is 27.5. The number of pyridine rings is 2. The largest absolute Gasteiger partial charge is 0.347 e. The fourth-order valence-electron chi connectivity index (χ4n) is 3.69. The van der Waals surface area contributed by atoms with Crippen LogP contribution in [0.25, 0.3) is 5.65 Å². The Balaban J connectivity index is 1.40. The van der Waals surface area contributed by atoms with E-state index in [-0.39, 0.29) is 11.9 Å². The fraction of sp³-hybridized carbons (Fsp3) is 0.190. The normalized spacial score (nSPS) is 16.3. The van der Waals surface area contributed by atoms with Crippen LogP contribution in [-0.2, 0) is 0 Å². The fourth-order valence-corrected chi connectivity index (χ4v) is 3.69. The molecule has 1 aliphatic heterocycles. The molecule has 29 heavy (non-hydrogen) atoms. The van der Waals surface area contributed by atoms with E-state index in [1.807, 2.05) is 30.5 Å². The maximum absolute atomic E-state index is 12.3. The summed E-state index contributed by atoms with van der Waals surface area (Å²) in [5.74, 6) is 1.07. The summed E-state index contributed by atoms with van der Waals surface area (Å²) in [6.45, 7) is 0.930. The van der Waals surface area contributed by atoms with Crippen molar-refractivity contribution in [2.45, 2.75) is 18.9 Å². The number of amides is 1. The van der Waals surface area contributed by atoms with Crippen molar-refractivity contribution in [3.8, 4) is 0 Å². The first kappa shape index (κ1) is 17.3. The highest BCUT2D eigenvalue weighted by Crippen LogP contribution is 2.34. The Hall–Kier alpha value is -3.81. The monoisotopic (exact) mass is 385 g/mol. The Bertz CT molecular complexity index is 1140. The number of nitrogens with zero attached hydrogens (tertiary/aromatic N) is 6. The highest BCUT2D eigenvalue weighted by molar-refractivity contribution is 6.03. The number of carbonyl (C=O) groups is 1. The average molecular weight is 385 g/mol. The van der Waals surface area contributed by atoms with Gasteiger partial charge in [0, 0.05) is 25.1 Å². The van der Waals surface area contributed by atoms with Gasteiger partial charge in [0.2, 0.25) is 0 Å². The van der Waals surface area contributed by atoms with E-state index >= 15 is 0 Å². The van der Waals surface area contributed by atoms with Crippen molar-refractivity contribution in [2.75, 3.05) is 16.8 Å². The number of fused-ring (bicyclic) bond motifs is 1. The lowest BCUT2D eigenvalue weighted by Gasteiger charge is -2.25. The van der Waals surface area contributed by atoms with Gasteiger partial charge in [-0.05, 0) is 49.2 Å². The van der Waals surface area contributed by atoms with Crippen LogP contribution in [-0.4, -0.2) is 37.0 Å². The highest BCUT2D eigenvalue weighted by Gasteiger charge is 2.28. The number of anilines is 2. The van der Waals surface area contributed by atoms with Crippen molar-refractivity contribution < 1.29 is 4.79 Å². The molecule has 5 rings (SSSR count). The summed E-state index contributed by atoms with van der Waals surface area (Å²) in [7, 11) is 0. The Morgan fingerprint density at radius 3 is 2.90 bits per heavy atom. The molecule has 8 heteroatoms. The smallest absolute Gasteiger partial charge is 0.258 e. The third-order valence-corrected chi connectivity index (χ3v) is 5.05. The lowest BCUT2D eigenvalue weighted by molar-refractivity contribution is 0.102. The molecule has 8 nitrogen and oxygen atoms in total. The number of carbonyl (C=O) groups excluding carboxylic acids is 1. The molecule has 0 aliphatic carbocycles. The van der Waals surface area contributed by atoms with Crippen molar-refractivity contribution in [2.24, 2.45) is 0 Å². The van der Waals surface area contributed by atoms with Gasteiger partial charge in [-0.1, -0.05) is 6.07 Å². The molecular weight excluding hydrogens is 366 g/mol. The van der Waals surface area contributed by atoms with Gasteiger partial charge in [-0.2, -0.15) is 0 Å². The second-order valence-corrected chi connectivity index (χ2v) is 6.92. The zero-order valence-electron chi connectivity index (χ0n) is 15.6. The Kier molecular flexibility index (Phi) is 4.36. The van der Waals surface area contributed by atoms with Gasteiger partial charge in [0.1, 0.15) is 5.82 Å². The van der Waals surface area contributed by atoms with Crippen LogP contribution in [0.3, 0.4) is 0 Å². The predicted octanol–water partition coefficient (Wildman–Crippen LogP) is 3.11. The molecule has 0 spiro atoms. The molecule has 0 saturated carbocycles. The molecule has 0 aromatic carbocycles. The molecule has 4 aromatic heterocycles. The molecule has 4 aromatic rings. The van der Waals surface area contributed by atoms with Crippen LogP contribution < -0.4 is 10.2 Å². The maximum atomic E-state index is 12.3. The van der Waals surface area contributed by atoms with Gasteiger partial charge in [0.05, 0.1) is 23.5 Å². The van der Waals surface area contributed by atoms with Gasteiger partial charge in [0.15, 0.2) is 11.5 Å². The van der Waals surface area contributed by atoms with E-state index in [4.69, 9.17) is 5.10 Å². The first-order chi connectivity index (χ1) is 14.3. The van der Waals surface area contributed by atoms with Crippen LogP contribution in [0, 0.1) is 0 Å². The van der Waals surface area contributed by atoms with E-state index < -0.39 is 0 Å². The first-order valence-corrected chi connectivity index (χ1v) is 9.53. The second kappa shape index (κ2) is 7.31. The quantitative estimate of drug-likeness (QED) is 0.581. The second-order valence-electron chi connectivity index (χ2n) is 6.92. The minimum Gasteiger partial charge on any atom is -0.347 e. The highest BCUT2D eigenvalue weighted by atomic mass is 16.1.